The van der Waals surface area contributed by atoms with Crippen molar-refractivity contribution in [2.45, 2.75) is 26.2 Å². The van der Waals surface area contributed by atoms with Crippen molar-refractivity contribution in [2.75, 3.05) is 38.2 Å². The van der Waals surface area contributed by atoms with Gasteiger partial charge in [0.25, 0.3) is 11.8 Å². The van der Waals surface area contributed by atoms with Crippen LogP contribution in [0.2, 0.25) is 0 Å². The van der Waals surface area contributed by atoms with Crippen LogP contribution in [0, 0.1) is 0 Å². The Hall–Kier alpha value is -2.86. The molecule has 2 amide bonds. The minimum Gasteiger partial charge on any atom is -0.483 e. The number of morpholine rings is 1. The van der Waals surface area contributed by atoms with Crippen LogP contribution in [0.1, 0.15) is 36.7 Å². The number of ether oxygens (including phenoxy) is 2. The lowest BCUT2D eigenvalue weighted by Gasteiger charge is -2.26. The van der Waals surface area contributed by atoms with E-state index in [4.69, 9.17) is 9.47 Å². The Bertz CT molecular complexity index is 850. The van der Waals surface area contributed by atoms with Crippen molar-refractivity contribution in [2.24, 2.45) is 0 Å². The standard InChI is InChI=1S/C23H28N2O4/c1-23(2,3)19-6-4-5-7-20(19)29-16-21(26)24-18-10-8-17(9-11-18)22(27)25-12-14-28-15-13-25/h4-11H,12-16H2,1-3H3,(H,24,26). The van der Waals surface area contributed by atoms with E-state index in [9.17, 15) is 9.59 Å². The molecule has 6 nitrogen and oxygen atoms in total. The van der Waals surface area contributed by atoms with E-state index in [-0.39, 0.29) is 23.8 Å². The van der Waals surface area contributed by atoms with Gasteiger partial charge in [0.15, 0.2) is 6.61 Å². The summed E-state index contributed by atoms with van der Waals surface area (Å²) in [6, 6.07) is 14.7. The highest BCUT2D eigenvalue weighted by Crippen LogP contribution is 2.30. The van der Waals surface area contributed by atoms with Gasteiger partial charge in [-0.25, -0.2) is 0 Å². The molecule has 29 heavy (non-hydrogen) atoms. The molecule has 1 N–H and O–H groups in total. The van der Waals surface area contributed by atoms with Crippen LogP contribution < -0.4 is 10.1 Å². The first kappa shape index (κ1) is 20.9. The summed E-state index contributed by atoms with van der Waals surface area (Å²) >= 11 is 0. The number of nitrogens with one attached hydrogen (secondary N) is 1. The van der Waals surface area contributed by atoms with Gasteiger partial charge < -0.3 is 19.7 Å². The lowest BCUT2D eigenvalue weighted by Crippen LogP contribution is -2.40. The zero-order chi connectivity index (χ0) is 20.9. The van der Waals surface area contributed by atoms with E-state index in [0.29, 0.717) is 43.3 Å². The second-order valence-corrected chi connectivity index (χ2v) is 8.06. The molecule has 2 aromatic rings. The highest BCUT2D eigenvalue weighted by atomic mass is 16.5. The summed E-state index contributed by atoms with van der Waals surface area (Å²) < 4.78 is 11.0. The lowest BCUT2D eigenvalue weighted by molar-refractivity contribution is -0.118. The summed E-state index contributed by atoms with van der Waals surface area (Å²) in [6.45, 7) is 8.58. The van der Waals surface area contributed by atoms with Crippen LogP contribution in [-0.2, 0) is 14.9 Å². The van der Waals surface area contributed by atoms with Gasteiger partial charge in [0.1, 0.15) is 5.75 Å². The summed E-state index contributed by atoms with van der Waals surface area (Å²) in [5, 5.41) is 2.81. The van der Waals surface area contributed by atoms with Crippen LogP contribution in [0.25, 0.3) is 0 Å². The largest absolute Gasteiger partial charge is 0.483 e. The van der Waals surface area contributed by atoms with Gasteiger partial charge in [0.05, 0.1) is 13.2 Å². The normalized spacial score (nSPS) is 14.4. The summed E-state index contributed by atoms with van der Waals surface area (Å²) in [6.07, 6.45) is 0. The smallest absolute Gasteiger partial charge is 0.262 e. The molecule has 1 heterocycles. The number of hydrogen-bond acceptors (Lipinski definition) is 4. The van der Waals surface area contributed by atoms with E-state index >= 15 is 0 Å². The van der Waals surface area contributed by atoms with Gasteiger partial charge in [0.2, 0.25) is 0 Å². The van der Waals surface area contributed by atoms with Crippen molar-refractivity contribution >= 4 is 17.5 Å². The molecule has 0 aliphatic carbocycles. The Labute approximate surface area is 171 Å². The van der Waals surface area contributed by atoms with Crippen LogP contribution in [-0.4, -0.2) is 49.6 Å². The molecule has 0 aromatic heterocycles. The average Bonchev–Trinajstić information content (AvgIpc) is 2.72. The Kier molecular flexibility index (Phi) is 6.54. The molecule has 0 radical (unpaired) electrons. The molecule has 6 heteroatoms. The first-order chi connectivity index (χ1) is 13.8. The van der Waals surface area contributed by atoms with E-state index in [1.54, 1.807) is 29.2 Å². The first-order valence-corrected chi connectivity index (χ1v) is 9.84. The molecule has 2 aromatic carbocycles. The van der Waals surface area contributed by atoms with Gasteiger partial charge in [-0.15, -0.1) is 0 Å². The molecule has 1 aliphatic heterocycles. The van der Waals surface area contributed by atoms with Crippen molar-refractivity contribution < 1.29 is 19.1 Å². The monoisotopic (exact) mass is 396 g/mol. The third-order valence-electron chi connectivity index (χ3n) is 4.77. The number of hydrogen-bond donors (Lipinski definition) is 1. The minimum atomic E-state index is -0.249. The number of carbonyl (C=O) groups is 2. The molecule has 1 saturated heterocycles. The van der Waals surface area contributed by atoms with E-state index in [1.165, 1.54) is 0 Å². The minimum absolute atomic E-state index is 0.0201. The second-order valence-electron chi connectivity index (χ2n) is 8.06. The molecule has 0 bridgehead atoms. The van der Waals surface area contributed by atoms with Gasteiger partial charge in [-0.1, -0.05) is 39.0 Å². The highest BCUT2D eigenvalue weighted by molar-refractivity contribution is 5.96. The molecule has 154 valence electrons. The number of benzene rings is 2. The predicted octanol–water partition coefficient (Wildman–Crippen LogP) is 3.47. The maximum Gasteiger partial charge on any atom is 0.262 e. The quantitative estimate of drug-likeness (QED) is 0.840. The predicted molar refractivity (Wildman–Crippen MR) is 112 cm³/mol. The van der Waals surface area contributed by atoms with Crippen LogP contribution >= 0.6 is 0 Å². The molecule has 1 fully saturated rings. The third-order valence-corrected chi connectivity index (χ3v) is 4.77. The number of nitrogens with zero attached hydrogens (tertiary/aromatic N) is 1. The molecule has 0 unspecified atom stereocenters. The van der Waals surface area contributed by atoms with Crippen molar-refractivity contribution in [1.29, 1.82) is 0 Å². The SMILES string of the molecule is CC(C)(C)c1ccccc1OCC(=O)Nc1ccc(C(=O)N2CCOCC2)cc1. The Morgan fingerprint density at radius 2 is 1.69 bits per heavy atom. The summed E-state index contributed by atoms with van der Waals surface area (Å²) in [5.41, 5.74) is 2.20. The lowest BCUT2D eigenvalue weighted by atomic mass is 9.86. The number of anilines is 1. The summed E-state index contributed by atoms with van der Waals surface area (Å²) in [5.74, 6) is 0.441. The van der Waals surface area contributed by atoms with Gasteiger partial charge in [-0.2, -0.15) is 0 Å². The van der Waals surface area contributed by atoms with Crippen molar-refractivity contribution in [3.8, 4) is 5.75 Å². The molecule has 0 saturated carbocycles. The molecule has 0 spiro atoms. The van der Waals surface area contributed by atoms with Crippen LogP contribution in [0.15, 0.2) is 48.5 Å². The Morgan fingerprint density at radius 3 is 2.34 bits per heavy atom. The summed E-state index contributed by atoms with van der Waals surface area (Å²) in [4.78, 5) is 26.5. The van der Waals surface area contributed by atoms with Gasteiger partial charge >= 0.3 is 0 Å². The molecule has 3 rings (SSSR count). The van der Waals surface area contributed by atoms with Crippen LogP contribution in [0.5, 0.6) is 5.75 Å². The van der Waals surface area contributed by atoms with Crippen molar-refractivity contribution in [3.63, 3.8) is 0 Å². The molecule has 0 atom stereocenters. The maximum absolute atomic E-state index is 12.5. The fraction of sp³-hybridized carbons (Fsp3) is 0.391. The fourth-order valence-corrected chi connectivity index (χ4v) is 3.20. The average molecular weight is 396 g/mol. The van der Waals surface area contributed by atoms with Gasteiger partial charge in [-0.05, 0) is 41.3 Å². The third kappa shape index (κ3) is 5.57. The number of carbonyl (C=O) groups excluding carboxylic acids is 2. The fourth-order valence-electron chi connectivity index (χ4n) is 3.20. The molecular formula is C23H28N2O4. The van der Waals surface area contributed by atoms with Crippen molar-refractivity contribution in [1.82, 2.24) is 4.90 Å². The molecule has 1 aliphatic rings. The number of rotatable bonds is 5. The number of amides is 2. The zero-order valence-corrected chi connectivity index (χ0v) is 17.2. The Morgan fingerprint density at radius 1 is 1.03 bits per heavy atom. The topological polar surface area (TPSA) is 67.9 Å². The van der Waals surface area contributed by atoms with E-state index in [1.807, 2.05) is 24.3 Å². The van der Waals surface area contributed by atoms with E-state index in [2.05, 4.69) is 26.1 Å². The number of para-hydroxylation sites is 1. The highest BCUT2D eigenvalue weighted by Gasteiger charge is 2.20. The van der Waals surface area contributed by atoms with Crippen LogP contribution in [0.3, 0.4) is 0 Å². The Balaban J connectivity index is 1.55. The van der Waals surface area contributed by atoms with Gasteiger partial charge in [-0.3, -0.25) is 9.59 Å². The first-order valence-electron chi connectivity index (χ1n) is 9.84. The van der Waals surface area contributed by atoms with E-state index in [0.717, 1.165) is 5.56 Å². The van der Waals surface area contributed by atoms with Crippen molar-refractivity contribution in [3.05, 3.63) is 59.7 Å². The summed E-state index contributed by atoms with van der Waals surface area (Å²) in [7, 11) is 0. The second kappa shape index (κ2) is 9.09. The van der Waals surface area contributed by atoms with Gasteiger partial charge in [0, 0.05) is 24.3 Å². The van der Waals surface area contributed by atoms with Crippen LogP contribution in [0.4, 0.5) is 5.69 Å². The maximum atomic E-state index is 12.5. The molecular weight excluding hydrogens is 368 g/mol. The van der Waals surface area contributed by atoms with E-state index < -0.39 is 0 Å². The zero-order valence-electron chi connectivity index (χ0n) is 17.2.